The van der Waals surface area contributed by atoms with Gasteiger partial charge in [-0.3, -0.25) is 9.05 Å². The topological polar surface area (TPSA) is 108 Å². The Bertz CT molecular complexity index is 213. The first-order chi connectivity index (χ1) is 5.99. The summed E-state index contributed by atoms with van der Waals surface area (Å²) < 4.78 is 20.3. The summed E-state index contributed by atoms with van der Waals surface area (Å²) in [7, 11) is -3.98. The van der Waals surface area contributed by atoms with Gasteiger partial charge in [-0.15, -0.1) is 0 Å². The second-order valence-electron chi connectivity index (χ2n) is 3.10. The molecule has 0 aromatic heterocycles. The van der Waals surface area contributed by atoms with E-state index < -0.39 is 14.1 Å². The Hall–Kier alpha value is 0.0300. The number of hydrogen-bond donors (Lipinski definition) is 3. The van der Waals surface area contributed by atoms with Crippen LogP contribution in [0.5, 0.6) is 0 Å². The predicted octanol–water partition coefficient (Wildman–Crippen LogP) is -0.0840. The maximum atomic E-state index is 11.1. The lowest BCUT2D eigenvalue weighted by Gasteiger charge is -2.15. The molecule has 1 aliphatic heterocycles. The van der Waals surface area contributed by atoms with Crippen molar-refractivity contribution in [1.82, 2.24) is 0 Å². The van der Waals surface area contributed by atoms with Gasteiger partial charge in [-0.25, -0.2) is 4.57 Å². The lowest BCUT2D eigenvalue weighted by atomic mass is 10.1. The third-order valence-corrected chi connectivity index (χ3v) is 2.80. The predicted molar refractivity (Wildman–Crippen MR) is 46.7 cm³/mol. The van der Waals surface area contributed by atoms with Crippen molar-refractivity contribution in [2.45, 2.75) is 31.5 Å². The Morgan fingerprint density at radius 1 is 1.38 bits per heavy atom. The number of hydrogen-bond acceptors (Lipinski definition) is 5. The molecule has 2 unspecified atom stereocenters. The van der Waals surface area contributed by atoms with Crippen LogP contribution in [0, 0.1) is 0 Å². The summed E-state index contributed by atoms with van der Waals surface area (Å²) in [5.41, 5.74) is 11.0. The maximum absolute atomic E-state index is 11.1. The Morgan fingerprint density at radius 2 is 2.08 bits per heavy atom. The number of rotatable bonds is 0. The van der Waals surface area contributed by atoms with Crippen molar-refractivity contribution >= 4 is 7.82 Å². The molecule has 5 N–H and O–H groups in total. The lowest BCUT2D eigenvalue weighted by Crippen LogP contribution is -2.25. The lowest BCUT2D eigenvalue weighted by molar-refractivity contribution is 0.107. The van der Waals surface area contributed by atoms with Crippen molar-refractivity contribution < 1.29 is 18.5 Å². The molecule has 7 heteroatoms. The first-order valence-corrected chi connectivity index (χ1v) is 5.66. The van der Waals surface area contributed by atoms with Crippen molar-refractivity contribution in [3.63, 3.8) is 0 Å². The van der Waals surface area contributed by atoms with Crippen LogP contribution in [0.4, 0.5) is 0 Å². The van der Waals surface area contributed by atoms with Gasteiger partial charge in [0, 0.05) is 6.04 Å². The van der Waals surface area contributed by atoms with Gasteiger partial charge in [-0.05, 0) is 19.3 Å². The van der Waals surface area contributed by atoms with E-state index in [1.54, 1.807) is 0 Å². The largest absolute Gasteiger partial charge is 0.473 e. The minimum Gasteiger partial charge on any atom is -0.326 e. The first kappa shape index (κ1) is 11.1. The standard InChI is InChI=1S/C6H15N2O4P/c7-5-2-1-3-6(8)12-13(9,10)11-4-5/h5-6H,1-4,7-8H2,(H,9,10)/t5-,6?/m0/s1. The van der Waals surface area contributed by atoms with E-state index in [-0.39, 0.29) is 12.6 Å². The fourth-order valence-electron chi connectivity index (χ4n) is 1.11. The molecule has 3 atom stereocenters. The van der Waals surface area contributed by atoms with Gasteiger partial charge in [0.2, 0.25) is 0 Å². The quantitative estimate of drug-likeness (QED) is 0.482. The van der Waals surface area contributed by atoms with Crippen LogP contribution in [0.25, 0.3) is 0 Å². The van der Waals surface area contributed by atoms with Gasteiger partial charge < -0.3 is 16.4 Å². The van der Waals surface area contributed by atoms with Gasteiger partial charge in [-0.1, -0.05) is 0 Å². The summed E-state index contributed by atoms with van der Waals surface area (Å²) in [6, 6.07) is -0.227. The molecule has 0 aromatic carbocycles. The first-order valence-electron chi connectivity index (χ1n) is 4.16. The van der Waals surface area contributed by atoms with Crippen molar-refractivity contribution in [1.29, 1.82) is 0 Å². The average Bonchev–Trinajstić information content (AvgIpc) is 2.03. The maximum Gasteiger partial charge on any atom is 0.473 e. The minimum atomic E-state index is -3.98. The molecule has 1 heterocycles. The molecule has 0 radical (unpaired) electrons. The van der Waals surface area contributed by atoms with E-state index in [1.165, 1.54) is 0 Å². The minimum absolute atomic E-state index is 0.0283. The van der Waals surface area contributed by atoms with Crippen LogP contribution in [0.15, 0.2) is 0 Å². The molecular formula is C6H15N2O4P. The van der Waals surface area contributed by atoms with Crippen LogP contribution in [0.1, 0.15) is 19.3 Å². The van der Waals surface area contributed by atoms with Gasteiger partial charge in [0.1, 0.15) is 6.23 Å². The molecule has 78 valence electrons. The van der Waals surface area contributed by atoms with E-state index in [1.807, 2.05) is 0 Å². The zero-order valence-electron chi connectivity index (χ0n) is 7.26. The van der Waals surface area contributed by atoms with E-state index >= 15 is 0 Å². The van der Waals surface area contributed by atoms with Gasteiger partial charge in [0.25, 0.3) is 0 Å². The Kier molecular flexibility index (Phi) is 3.85. The molecule has 1 saturated heterocycles. The molecule has 0 spiro atoms. The summed E-state index contributed by atoms with van der Waals surface area (Å²) >= 11 is 0. The van der Waals surface area contributed by atoms with Crippen LogP contribution in [0.3, 0.4) is 0 Å². The third kappa shape index (κ3) is 4.17. The van der Waals surface area contributed by atoms with Crippen molar-refractivity contribution in [2.75, 3.05) is 6.61 Å². The van der Waals surface area contributed by atoms with E-state index in [2.05, 4.69) is 9.05 Å². The summed E-state index contributed by atoms with van der Waals surface area (Å²) in [4.78, 5) is 9.07. The summed E-state index contributed by atoms with van der Waals surface area (Å²) in [5, 5.41) is 0. The zero-order chi connectivity index (χ0) is 9.90. The second-order valence-corrected chi connectivity index (χ2v) is 4.51. The fraction of sp³-hybridized carbons (Fsp3) is 1.00. The number of phosphoric acid groups is 1. The molecule has 1 rings (SSSR count). The van der Waals surface area contributed by atoms with Crippen molar-refractivity contribution in [3.8, 4) is 0 Å². The molecule has 0 bridgehead atoms. The highest BCUT2D eigenvalue weighted by atomic mass is 31.2. The third-order valence-electron chi connectivity index (χ3n) is 1.78. The molecule has 6 nitrogen and oxygen atoms in total. The normalized spacial score (nSPS) is 43.3. The molecule has 0 amide bonds. The molecule has 0 saturated carbocycles. The SMILES string of the molecule is NC1CCC[C@H](N)COP(=O)(O)O1. The van der Waals surface area contributed by atoms with Gasteiger partial charge in [0.05, 0.1) is 6.61 Å². The Labute approximate surface area is 76.8 Å². The van der Waals surface area contributed by atoms with Gasteiger partial charge in [-0.2, -0.15) is 0 Å². The van der Waals surface area contributed by atoms with Gasteiger partial charge >= 0.3 is 7.82 Å². The molecular weight excluding hydrogens is 195 g/mol. The summed E-state index contributed by atoms with van der Waals surface area (Å²) in [6.07, 6.45) is 1.26. The average molecular weight is 210 g/mol. The van der Waals surface area contributed by atoms with Crippen LogP contribution in [-0.4, -0.2) is 23.8 Å². The molecule has 0 aliphatic carbocycles. The second kappa shape index (κ2) is 4.50. The molecule has 1 fully saturated rings. The zero-order valence-corrected chi connectivity index (χ0v) is 8.15. The molecule has 1 aliphatic rings. The van der Waals surface area contributed by atoms with Crippen LogP contribution >= 0.6 is 7.82 Å². The Morgan fingerprint density at radius 3 is 2.77 bits per heavy atom. The van der Waals surface area contributed by atoms with E-state index in [4.69, 9.17) is 16.4 Å². The molecule has 13 heavy (non-hydrogen) atoms. The van der Waals surface area contributed by atoms with E-state index in [0.29, 0.717) is 6.42 Å². The van der Waals surface area contributed by atoms with Crippen LogP contribution in [-0.2, 0) is 13.6 Å². The van der Waals surface area contributed by atoms with Gasteiger partial charge in [0.15, 0.2) is 0 Å². The van der Waals surface area contributed by atoms with Crippen LogP contribution < -0.4 is 11.5 Å². The van der Waals surface area contributed by atoms with Crippen LogP contribution in [0.2, 0.25) is 0 Å². The Balaban J connectivity index is 2.56. The summed E-state index contributed by atoms with van der Waals surface area (Å²) in [6.45, 7) is 0.0283. The van der Waals surface area contributed by atoms with E-state index in [9.17, 15) is 4.57 Å². The van der Waals surface area contributed by atoms with Crippen molar-refractivity contribution in [3.05, 3.63) is 0 Å². The number of nitrogens with two attached hydrogens (primary N) is 2. The smallest absolute Gasteiger partial charge is 0.326 e. The number of phosphoric ester groups is 1. The highest BCUT2D eigenvalue weighted by molar-refractivity contribution is 7.47. The molecule has 0 aromatic rings. The highest BCUT2D eigenvalue weighted by Gasteiger charge is 2.27. The van der Waals surface area contributed by atoms with Crippen molar-refractivity contribution in [2.24, 2.45) is 11.5 Å². The monoisotopic (exact) mass is 210 g/mol. The fourth-order valence-corrected chi connectivity index (χ4v) is 2.00. The van der Waals surface area contributed by atoms with E-state index in [0.717, 1.165) is 12.8 Å². The highest BCUT2D eigenvalue weighted by Crippen LogP contribution is 2.45. The summed E-state index contributed by atoms with van der Waals surface area (Å²) in [5.74, 6) is 0.